The predicted octanol–water partition coefficient (Wildman–Crippen LogP) is 3.04. The molecule has 0 bridgehead atoms. The van der Waals surface area contributed by atoms with Crippen LogP contribution in [-0.2, 0) is 4.79 Å². The number of amides is 1. The lowest BCUT2D eigenvalue weighted by atomic mass is 10.0. The summed E-state index contributed by atoms with van der Waals surface area (Å²) in [4.78, 5) is 14.3. The lowest BCUT2D eigenvalue weighted by Crippen LogP contribution is -2.50. The Morgan fingerprint density at radius 3 is 2.64 bits per heavy atom. The maximum atomic E-state index is 12.6. The second kappa shape index (κ2) is 8.06. The van der Waals surface area contributed by atoms with Crippen LogP contribution in [0.4, 0.5) is 5.69 Å². The number of nitrogens with zero attached hydrogens (tertiary/aromatic N) is 1. The van der Waals surface area contributed by atoms with Gasteiger partial charge in [0.25, 0.3) is 0 Å². The van der Waals surface area contributed by atoms with Crippen molar-refractivity contribution in [3.8, 4) is 5.75 Å². The Morgan fingerprint density at radius 1 is 1.20 bits per heavy atom. The van der Waals surface area contributed by atoms with Gasteiger partial charge < -0.3 is 20.1 Å². The maximum Gasteiger partial charge on any atom is 0.241 e. The Kier molecular flexibility index (Phi) is 5.81. The fourth-order valence-electron chi connectivity index (χ4n) is 2.86. The van der Waals surface area contributed by atoms with Crippen LogP contribution in [0.2, 0.25) is 10.0 Å². The standard InChI is InChI=1S/C18H18Cl2N2O3/c19-13-3-1-12(2-4-13)17-10-21-11-18(24)22(17)16-6-5-14(9-15(16)20)25-8-7-23/h1-6,9,17,21,23H,7-8,10-11H2/t17-/m0/s1. The van der Waals surface area contributed by atoms with Crippen LogP contribution in [0, 0.1) is 0 Å². The molecule has 0 aliphatic carbocycles. The quantitative estimate of drug-likeness (QED) is 0.836. The highest BCUT2D eigenvalue weighted by Gasteiger charge is 2.31. The number of halogens is 2. The molecule has 1 aliphatic rings. The molecule has 1 fully saturated rings. The molecule has 5 nitrogen and oxygen atoms in total. The first-order chi connectivity index (χ1) is 12.1. The van der Waals surface area contributed by atoms with Crippen LogP contribution in [-0.4, -0.2) is 37.3 Å². The van der Waals surface area contributed by atoms with Gasteiger partial charge in [0.05, 0.1) is 29.9 Å². The Labute approximate surface area is 156 Å². The van der Waals surface area contributed by atoms with Gasteiger partial charge in [0.1, 0.15) is 12.4 Å². The van der Waals surface area contributed by atoms with Crippen LogP contribution in [0.25, 0.3) is 0 Å². The number of carbonyl (C=O) groups excluding carboxylic acids is 1. The van der Waals surface area contributed by atoms with E-state index in [-0.39, 0.29) is 31.7 Å². The fraction of sp³-hybridized carbons (Fsp3) is 0.278. The number of ether oxygens (including phenoxy) is 1. The lowest BCUT2D eigenvalue weighted by molar-refractivity contribution is -0.119. The summed E-state index contributed by atoms with van der Waals surface area (Å²) in [6.07, 6.45) is 0. The smallest absolute Gasteiger partial charge is 0.241 e. The molecule has 1 amide bonds. The molecule has 0 radical (unpaired) electrons. The molecule has 25 heavy (non-hydrogen) atoms. The van der Waals surface area contributed by atoms with Crippen molar-refractivity contribution in [1.29, 1.82) is 0 Å². The minimum atomic E-state index is -0.180. The molecule has 2 aromatic carbocycles. The van der Waals surface area contributed by atoms with E-state index in [4.69, 9.17) is 33.0 Å². The minimum Gasteiger partial charge on any atom is -0.491 e. The van der Waals surface area contributed by atoms with Gasteiger partial charge in [0.15, 0.2) is 0 Å². The van der Waals surface area contributed by atoms with Gasteiger partial charge >= 0.3 is 0 Å². The van der Waals surface area contributed by atoms with Crippen LogP contribution < -0.4 is 15.0 Å². The van der Waals surface area contributed by atoms with Crippen molar-refractivity contribution < 1.29 is 14.6 Å². The Morgan fingerprint density at radius 2 is 1.96 bits per heavy atom. The summed E-state index contributed by atoms with van der Waals surface area (Å²) in [7, 11) is 0. The second-order valence-corrected chi connectivity index (χ2v) is 6.49. The second-order valence-electron chi connectivity index (χ2n) is 5.65. The molecule has 7 heteroatoms. The zero-order valence-electron chi connectivity index (χ0n) is 13.4. The van der Waals surface area contributed by atoms with E-state index in [0.29, 0.717) is 28.0 Å². The molecule has 1 aliphatic heterocycles. The van der Waals surface area contributed by atoms with Crippen LogP contribution in [0.15, 0.2) is 42.5 Å². The molecule has 1 atom stereocenters. The number of nitrogens with one attached hydrogen (secondary N) is 1. The van der Waals surface area contributed by atoms with Crippen molar-refractivity contribution in [2.75, 3.05) is 31.2 Å². The van der Waals surface area contributed by atoms with E-state index in [0.717, 1.165) is 5.56 Å². The SMILES string of the molecule is O=C1CNC[C@@H](c2ccc(Cl)cc2)N1c1ccc(OCCO)cc1Cl. The van der Waals surface area contributed by atoms with Crippen LogP contribution >= 0.6 is 23.2 Å². The average molecular weight is 381 g/mol. The largest absolute Gasteiger partial charge is 0.491 e. The van der Waals surface area contributed by atoms with E-state index in [9.17, 15) is 4.79 Å². The lowest BCUT2D eigenvalue weighted by Gasteiger charge is -2.37. The third-order valence-corrected chi connectivity index (χ3v) is 4.54. The molecule has 0 unspecified atom stereocenters. The van der Waals surface area contributed by atoms with E-state index in [1.165, 1.54) is 0 Å². The summed E-state index contributed by atoms with van der Waals surface area (Å²) in [6.45, 7) is 0.986. The summed E-state index contributed by atoms with van der Waals surface area (Å²) in [6, 6.07) is 12.4. The van der Waals surface area contributed by atoms with Crippen molar-refractivity contribution in [2.45, 2.75) is 6.04 Å². The molecule has 0 spiro atoms. The van der Waals surface area contributed by atoms with E-state index in [2.05, 4.69) is 5.32 Å². The highest BCUT2D eigenvalue weighted by Crippen LogP contribution is 2.36. The van der Waals surface area contributed by atoms with Gasteiger partial charge in [-0.15, -0.1) is 0 Å². The van der Waals surface area contributed by atoms with Gasteiger partial charge in [0.2, 0.25) is 5.91 Å². The van der Waals surface area contributed by atoms with Crippen LogP contribution in [0.3, 0.4) is 0 Å². The van der Waals surface area contributed by atoms with E-state index in [1.807, 2.05) is 24.3 Å². The van der Waals surface area contributed by atoms with Crippen molar-refractivity contribution in [3.63, 3.8) is 0 Å². The van der Waals surface area contributed by atoms with Crippen LogP contribution in [0.5, 0.6) is 5.75 Å². The maximum absolute atomic E-state index is 12.6. The van der Waals surface area contributed by atoms with Gasteiger partial charge in [-0.3, -0.25) is 4.79 Å². The summed E-state index contributed by atoms with van der Waals surface area (Å²) in [5.41, 5.74) is 1.60. The molecule has 2 aromatic rings. The average Bonchev–Trinajstić information content (AvgIpc) is 2.61. The van der Waals surface area contributed by atoms with Gasteiger partial charge in [-0.25, -0.2) is 0 Å². The number of hydrogen-bond donors (Lipinski definition) is 2. The first-order valence-corrected chi connectivity index (χ1v) is 8.67. The van der Waals surface area contributed by atoms with Crippen molar-refractivity contribution in [1.82, 2.24) is 5.32 Å². The minimum absolute atomic E-state index is 0.0582. The number of hydrogen-bond acceptors (Lipinski definition) is 4. The number of aliphatic hydroxyl groups excluding tert-OH is 1. The normalized spacial score (nSPS) is 17.6. The Bertz CT molecular complexity index is 752. The molecule has 0 saturated carbocycles. The molecular formula is C18H18Cl2N2O3. The van der Waals surface area contributed by atoms with Gasteiger partial charge in [0, 0.05) is 17.6 Å². The van der Waals surface area contributed by atoms with Crippen molar-refractivity contribution in [3.05, 3.63) is 58.1 Å². The topological polar surface area (TPSA) is 61.8 Å². The molecule has 0 aromatic heterocycles. The van der Waals surface area contributed by atoms with Crippen molar-refractivity contribution >= 4 is 34.8 Å². The summed E-state index contributed by atoms with van der Waals surface area (Å²) in [5.74, 6) is 0.491. The van der Waals surface area contributed by atoms with Gasteiger partial charge in [-0.05, 0) is 29.8 Å². The van der Waals surface area contributed by atoms with Gasteiger partial charge in [-0.2, -0.15) is 0 Å². The molecule has 3 rings (SSSR count). The summed E-state index contributed by atoms with van der Waals surface area (Å²) in [5, 5.41) is 13.0. The molecule has 1 heterocycles. The Hall–Kier alpha value is -1.79. The number of benzene rings is 2. The van der Waals surface area contributed by atoms with E-state index < -0.39 is 0 Å². The molecular weight excluding hydrogens is 363 g/mol. The summed E-state index contributed by atoms with van der Waals surface area (Å²) >= 11 is 12.4. The van der Waals surface area contributed by atoms with Crippen molar-refractivity contribution in [2.24, 2.45) is 0 Å². The highest BCUT2D eigenvalue weighted by molar-refractivity contribution is 6.34. The zero-order chi connectivity index (χ0) is 17.8. The molecule has 2 N–H and O–H groups in total. The van der Waals surface area contributed by atoms with E-state index >= 15 is 0 Å². The first-order valence-electron chi connectivity index (χ1n) is 7.91. The highest BCUT2D eigenvalue weighted by atomic mass is 35.5. The third kappa shape index (κ3) is 4.07. The summed E-state index contributed by atoms with van der Waals surface area (Å²) < 4.78 is 5.36. The predicted molar refractivity (Wildman–Crippen MR) is 98.6 cm³/mol. The Balaban J connectivity index is 1.93. The number of piperazine rings is 1. The number of carbonyl (C=O) groups is 1. The number of rotatable bonds is 5. The number of anilines is 1. The molecule has 132 valence electrons. The fourth-order valence-corrected chi connectivity index (χ4v) is 3.24. The monoisotopic (exact) mass is 380 g/mol. The molecule has 1 saturated heterocycles. The van der Waals surface area contributed by atoms with E-state index in [1.54, 1.807) is 23.1 Å². The first kappa shape index (κ1) is 18.0. The zero-order valence-corrected chi connectivity index (χ0v) is 14.9. The van der Waals surface area contributed by atoms with Crippen LogP contribution in [0.1, 0.15) is 11.6 Å². The number of aliphatic hydroxyl groups is 1. The van der Waals surface area contributed by atoms with Gasteiger partial charge in [-0.1, -0.05) is 35.3 Å². The third-order valence-electron chi connectivity index (χ3n) is 3.99.